The molecule has 8 heteroatoms. The van der Waals surface area contributed by atoms with Crippen LogP contribution in [-0.4, -0.2) is 19.5 Å². The molecule has 1 aromatic heterocycles. The molecule has 0 bridgehead atoms. The van der Waals surface area contributed by atoms with Gasteiger partial charge in [-0.1, -0.05) is 17.7 Å². The lowest BCUT2D eigenvalue weighted by Gasteiger charge is -2.10. The topological polar surface area (TPSA) is 96.6 Å². The predicted octanol–water partition coefficient (Wildman–Crippen LogP) is 3.05. The molecule has 1 heterocycles. The fourth-order valence-corrected chi connectivity index (χ4v) is 3.22. The highest BCUT2D eigenvalue weighted by Gasteiger charge is 2.24. The minimum atomic E-state index is -3.96. The average molecular weight is 330 g/mol. The van der Waals surface area contributed by atoms with Crippen LogP contribution >= 0.6 is 11.6 Å². The van der Waals surface area contributed by atoms with Crippen LogP contribution in [0.4, 0.5) is 5.69 Å². The van der Waals surface area contributed by atoms with Gasteiger partial charge in [-0.25, -0.2) is 13.2 Å². The van der Waals surface area contributed by atoms with Gasteiger partial charge in [-0.2, -0.15) is 0 Å². The van der Waals surface area contributed by atoms with Crippen LogP contribution in [0.5, 0.6) is 0 Å². The molecule has 2 N–H and O–H groups in total. The molecule has 0 saturated heterocycles. The third-order valence-electron chi connectivity index (χ3n) is 2.82. The van der Waals surface area contributed by atoms with Crippen LogP contribution in [0.3, 0.4) is 0 Å². The molecule has 0 aliphatic carbocycles. The van der Waals surface area contributed by atoms with Crippen LogP contribution in [0.2, 0.25) is 5.02 Å². The number of carbonyl (C=O) groups is 1. The number of rotatable bonds is 4. The van der Waals surface area contributed by atoms with Crippen molar-refractivity contribution in [3.63, 3.8) is 0 Å². The summed E-state index contributed by atoms with van der Waals surface area (Å²) < 4.78 is 31.9. The fourth-order valence-electron chi connectivity index (χ4n) is 1.74. The van der Waals surface area contributed by atoms with Gasteiger partial charge in [0.25, 0.3) is 10.0 Å². The zero-order valence-electron chi connectivity index (χ0n) is 11.2. The quantitative estimate of drug-likeness (QED) is 0.898. The number of hydrogen-bond acceptors (Lipinski definition) is 4. The Morgan fingerprint density at radius 1 is 1.29 bits per heavy atom. The predicted molar refractivity (Wildman–Crippen MR) is 77.4 cm³/mol. The molecule has 0 saturated carbocycles. The van der Waals surface area contributed by atoms with Gasteiger partial charge < -0.3 is 9.52 Å². The van der Waals surface area contributed by atoms with Crippen molar-refractivity contribution in [2.45, 2.75) is 18.7 Å². The molecule has 0 fully saturated rings. The summed E-state index contributed by atoms with van der Waals surface area (Å²) in [5.74, 6) is -1.77. The Bertz CT molecular complexity index is 810. The molecule has 0 unspecified atom stereocenters. The standard InChI is InChI=1S/C13H12ClNO5S/c1-7-3-4-9(14)5-10(7)15-21(18,19)12-6-11(13(16)17)20-8(12)2/h3-6,15H,1-2H3,(H,16,17). The molecule has 1 aromatic carbocycles. The first-order valence-electron chi connectivity index (χ1n) is 5.83. The molecular formula is C13H12ClNO5S. The minimum absolute atomic E-state index is 0.000388. The number of carboxylic acids is 1. The second kappa shape index (κ2) is 5.42. The fraction of sp³-hybridized carbons (Fsp3) is 0.154. The zero-order chi connectivity index (χ0) is 15.8. The van der Waals surface area contributed by atoms with Crippen LogP contribution in [0.25, 0.3) is 0 Å². The van der Waals surface area contributed by atoms with E-state index in [-0.39, 0.29) is 10.7 Å². The number of benzene rings is 1. The average Bonchev–Trinajstić information content (AvgIpc) is 2.77. The van der Waals surface area contributed by atoms with E-state index in [0.717, 1.165) is 6.07 Å². The monoisotopic (exact) mass is 329 g/mol. The first-order valence-corrected chi connectivity index (χ1v) is 7.69. The van der Waals surface area contributed by atoms with Crippen molar-refractivity contribution in [3.05, 3.63) is 46.4 Å². The van der Waals surface area contributed by atoms with Gasteiger partial charge in [0.15, 0.2) is 0 Å². The molecule has 0 spiro atoms. The van der Waals surface area contributed by atoms with Gasteiger partial charge >= 0.3 is 5.97 Å². The first kappa shape index (κ1) is 15.4. The lowest BCUT2D eigenvalue weighted by Crippen LogP contribution is -2.14. The van der Waals surface area contributed by atoms with Crippen LogP contribution in [0.15, 0.2) is 33.6 Å². The van der Waals surface area contributed by atoms with Gasteiger partial charge in [-0.05, 0) is 31.5 Å². The number of aryl methyl sites for hydroxylation is 2. The Morgan fingerprint density at radius 3 is 2.52 bits per heavy atom. The number of nitrogens with one attached hydrogen (secondary N) is 1. The Hall–Kier alpha value is -1.99. The minimum Gasteiger partial charge on any atom is -0.475 e. The molecule has 6 nitrogen and oxygen atoms in total. The largest absolute Gasteiger partial charge is 0.475 e. The summed E-state index contributed by atoms with van der Waals surface area (Å²) in [5, 5.41) is 9.21. The first-order chi connectivity index (χ1) is 9.70. The van der Waals surface area contributed by atoms with E-state index < -0.39 is 21.8 Å². The van der Waals surface area contributed by atoms with Crippen LogP contribution in [-0.2, 0) is 10.0 Å². The molecule has 21 heavy (non-hydrogen) atoms. The lowest BCUT2D eigenvalue weighted by molar-refractivity contribution is 0.0661. The maximum atomic E-state index is 12.3. The molecular weight excluding hydrogens is 318 g/mol. The third-order valence-corrected chi connectivity index (χ3v) is 4.52. The molecule has 0 aliphatic rings. The van der Waals surface area contributed by atoms with Gasteiger partial charge in [-0.15, -0.1) is 0 Å². The van der Waals surface area contributed by atoms with Gasteiger partial charge in [0.05, 0.1) is 5.69 Å². The van der Waals surface area contributed by atoms with Crippen LogP contribution in [0.1, 0.15) is 21.9 Å². The van der Waals surface area contributed by atoms with Crippen LogP contribution in [0, 0.1) is 13.8 Å². The second-order valence-corrected chi connectivity index (χ2v) is 6.49. The SMILES string of the molecule is Cc1ccc(Cl)cc1NS(=O)(=O)c1cc(C(=O)O)oc1C. The summed E-state index contributed by atoms with van der Waals surface area (Å²) >= 11 is 5.84. The van der Waals surface area contributed by atoms with Crippen LogP contribution < -0.4 is 4.72 Å². The summed E-state index contributed by atoms with van der Waals surface area (Å²) in [4.78, 5) is 10.6. The zero-order valence-corrected chi connectivity index (χ0v) is 12.7. The summed E-state index contributed by atoms with van der Waals surface area (Å²) in [6.45, 7) is 3.10. The van der Waals surface area contributed by atoms with Crippen molar-refractivity contribution in [2.75, 3.05) is 4.72 Å². The maximum absolute atomic E-state index is 12.3. The lowest BCUT2D eigenvalue weighted by atomic mass is 10.2. The number of hydrogen-bond donors (Lipinski definition) is 2. The van der Waals surface area contributed by atoms with Gasteiger partial charge in [0.2, 0.25) is 5.76 Å². The summed E-state index contributed by atoms with van der Waals surface area (Å²) in [5.41, 5.74) is 1.00. The van der Waals surface area contributed by atoms with E-state index in [1.165, 1.54) is 13.0 Å². The number of carboxylic acid groups (broad SMARTS) is 1. The van der Waals surface area contributed by atoms with E-state index in [0.29, 0.717) is 16.3 Å². The van der Waals surface area contributed by atoms with Gasteiger partial charge in [0, 0.05) is 11.1 Å². The normalized spacial score (nSPS) is 11.4. The molecule has 0 amide bonds. The van der Waals surface area contributed by atoms with Gasteiger partial charge in [-0.3, -0.25) is 4.72 Å². The third kappa shape index (κ3) is 3.20. The van der Waals surface area contributed by atoms with Gasteiger partial charge in [0.1, 0.15) is 10.7 Å². The van der Waals surface area contributed by atoms with Crippen molar-refractivity contribution >= 4 is 33.3 Å². The highest BCUT2D eigenvalue weighted by atomic mass is 35.5. The van der Waals surface area contributed by atoms with Crippen molar-refractivity contribution in [2.24, 2.45) is 0 Å². The molecule has 0 radical (unpaired) electrons. The highest BCUT2D eigenvalue weighted by molar-refractivity contribution is 7.92. The molecule has 112 valence electrons. The van der Waals surface area contributed by atoms with Crippen molar-refractivity contribution in [1.29, 1.82) is 0 Å². The Labute approximate surface area is 126 Å². The van der Waals surface area contributed by atoms with Crippen molar-refractivity contribution in [3.8, 4) is 0 Å². The van der Waals surface area contributed by atoms with E-state index in [9.17, 15) is 13.2 Å². The van der Waals surface area contributed by atoms with Crippen molar-refractivity contribution < 1.29 is 22.7 Å². The Morgan fingerprint density at radius 2 is 1.95 bits per heavy atom. The molecule has 2 aromatic rings. The summed E-state index contributed by atoms with van der Waals surface area (Å²) in [6.07, 6.45) is 0. The summed E-state index contributed by atoms with van der Waals surface area (Å²) in [7, 11) is -3.96. The number of furan rings is 1. The number of aromatic carboxylic acids is 1. The summed E-state index contributed by atoms with van der Waals surface area (Å²) in [6, 6.07) is 5.76. The number of halogens is 1. The van der Waals surface area contributed by atoms with E-state index in [1.807, 2.05) is 0 Å². The van der Waals surface area contributed by atoms with E-state index >= 15 is 0 Å². The molecule has 2 rings (SSSR count). The van der Waals surface area contributed by atoms with Crippen molar-refractivity contribution in [1.82, 2.24) is 0 Å². The molecule has 0 aliphatic heterocycles. The Kier molecular flexibility index (Phi) is 3.97. The number of sulfonamides is 1. The maximum Gasteiger partial charge on any atom is 0.371 e. The second-order valence-electron chi connectivity index (χ2n) is 4.40. The number of anilines is 1. The van der Waals surface area contributed by atoms with E-state index in [1.54, 1.807) is 19.1 Å². The Balaban J connectivity index is 2.43. The van der Waals surface area contributed by atoms with E-state index in [2.05, 4.69) is 4.72 Å². The highest BCUT2D eigenvalue weighted by Crippen LogP contribution is 2.26. The smallest absolute Gasteiger partial charge is 0.371 e. The molecule has 0 atom stereocenters. The van der Waals surface area contributed by atoms with E-state index in [4.69, 9.17) is 21.1 Å².